The molecule has 1 heterocycles. The van der Waals surface area contributed by atoms with Gasteiger partial charge in [0, 0.05) is 43.8 Å². The molecule has 0 radical (unpaired) electrons. The van der Waals surface area contributed by atoms with Crippen LogP contribution in [-0.4, -0.2) is 54.5 Å². The number of amides is 3. The van der Waals surface area contributed by atoms with Gasteiger partial charge in [-0.1, -0.05) is 19.1 Å². The second-order valence-electron chi connectivity index (χ2n) is 7.47. The zero-order valence-corrected chi connectivity index (χ0v) is 20.7. The van der Waals surface area contributed by atoms with E-state index in [0.717, 1.165) is 43.3 Å². The lowest BCUT2D eigenvalue weighted by Gasteiger charge is -2.18. The van der Waals surface area contributed by atoms with E-state index >= 15 is 0 Å². The molecule has 1 atom stereocenters. The Balaban J connectivity index is 0.00000450. The van der Waals surface area contributed by atoms with Crippen molar-refractivity contribution in [1.82, 2.24) is 20.9 Å². The summed E-state index contributed by atoms with van der Waals surface area (Å²) in [7, 11) is 0. The highest BCUT2D eigenvalue weighted by Crippen LogP contribution is 2.12. The first-order valence-electron chi connectivity index (χ1n) is 10.4. The predicted octanol–water partition coefficient (Wildman–Crippen LogP) is 2.90. The van der Waals surface area contributed by atoms with Crippen LogP contribution in [0.15, 0.2) is 29.3 Å². The number of aliphatic imine (C=N–C) groups is 1. The van der Waals surface area contributed by atoms with Gasteiger partial charge in [0.25, 0.3) is 0 Å². The van der Waals surface area contributed by atoms with E-state index in [0.29, 0.717) is 13.0 Å². The number of hydrogen-bond acceptors (Lipinski definition) is 3. The highest BCUT2D eigenvalue weighted by molar-refractivity contribution is 14.0. The molecule has 2 rings (SSSR count). The molecule has 1 aromatic rings. The summed E-state index contributed by atoms with van der Waals surface area (Å²) in [4.78, 5) is 30.2. The summed E-state index contributed by atoms with van der Waals surface area (Å²) in [6.07, 6.45) is 1.47. The van der Waals surface area contributed by atoms with Gasteiger partial charge in [-0.05, 0) is 44.9 Å². The Labute approximate surface area is 196 Å². The van der Waals surface area contributed by atoms with Gasteiger partial charge in [-0.25, -0.2) is 9.79 Å². The number of nitrogens with zero attached hydrogens (tertiary/aromatic N) is 2. The van der Waals surface area contributed by atoms with Crippen LogP contribution < -0.4 is 21.3 Å². The number of carbonyl (C=O) groups is 2. The number of hydrogen-bond donors (Lipinski definition) is 4. The Hall–Kier alpha value is -2.04. The smallest absolute Gasteiger partial charge is 0.319 e. The van der Waals surface area contributed by atoms with Crippen LogP contribution in [0, 0.1) is 0 Å². The minimum absolute atomic E-state index is 0. The van der Waals surface area contributed by atoms with Crippen molar-refractivity contribution in [2.75, 3.05) is 25.0 Å². The van der Waals surface area contributed by atoms with Crippen molar-refractivity contribution in [3.8, 4) is 0 Å². The summed E-state index contributed by atoms with van der Waals surface area (Å²) in [5.41, 5.74) is 1.79. The maximum absolute atomic E-state index is 11.9. The highest BCUT2D eigenvalue weighted by atomic mass is 127. The first kappa shape index (κ1) is 26.0. The number of nitrogens with one attached hydrogen (secondary N) is 4. The molecule has 8 nitrogen and oxygen atoms in total. The molecule has 4 N–H and O–H groups in total. The van der Waals surface area contributed by atoms with Crippen molar-refractivity contribution >= 4 is 47.6 Å². The number of rotatable bonds is 7. The lowest BCUT2D eigenvalue weighted by molar-refractivity contribution is -0.129. The number of likely N-dealkylation sites (tertiary alicyclic amines) is 1. The molecule has 1 aliphatic heterocycles. The quantitative estimate of drug-likeness (QED) is 0.248. The van der Waals surface area contributed by atoms with E-state index < -0.39 is 0 Å². The second kappa shape index (κ2) is 13.3. The summed E-state index contributed by atoms with van der Waals surface area (Å²) in [5, 5.41) is 12.3. The third-order valence-electron chi connectivity index (χ3n) is 4.58. The minimum Gasteiger partial charge on any atom is -0.357 e. The van der Waals surface area contributed by atoms with Crippen LogP contribution >= 0.6 is 24.0 Å². The Morgan fingerprint density at radius 2 is 1.90 bits per heavy atom. The zero-order chi connectivity index (χ0) is 21.2. The fourth-order valence-corrected chi connectivity index (χ4v) is 3.13. The average Bonchev–Trinajstić information content (AvgIpc) is 3.14. The van der Waals surface area contributed by atoms with Gasteiger partial charge in [0.1, 0.15) is 0 Å². The summed E-state index contributed by atoms with van der Waals surface area (Å²) in [6.45, 7) is 10.6. The minimum atomic E-state index is -0.212. The molecule has 1 fully saturated rings. The number of benzene rings is 1. The normalized spacial score (nSPS) is 16.1. The van der Waals surface area contributed by atoms with Gasteiger partial charge in [-0.2, -0.15) is 0 Å². The molecule has 9 heteroatoms. The molecule has 0 spiro atoms. The third kappa shape index (κ3) is 8.76. The third-order valence-corrected chi connectivity index (χ3v) is 4.58. The molecule has 0 saturated carbocycles. The summed E-state index contributed by atoms with van der Waals surface area (Å²) in [5.74, 6) is 0.953. The van der Waals surface area contributed by atoms with Gasteiger partial charge in [0.15, 0.2) is 5.96 Å². The predicted molar refractivity (Wildman–Crippen MR) is 132 cm³/mol. The Kier molecular flexibility index (Phi) is 11.5. The number of anilines is 1. The summed E-state index contributed by atoms with van der Waals surface area (Å²) < 4.78 is 0. The summed E-state index contributed by atoms with van der Waals surface area (Å²) in [6, 6.07) is 7.75. The Bertz CT molecular complexity index is 708. The van der Waals surface area contributed by atoms with Crippen LogP contribution in [0.4, 0.5) is 10.5 Å². The van der Waals surface area contributed by atoms with E-state index in [1.807, 2.05) is 56.9 Å². The molecule has 1 unspecified atom stereocenters. The van der Waals surface area contributed by atoms with Gasteiger partial charge in [0.05, 0.1) is 6.54 Å². The molecular weight excluding hydrogens is 495 g/mol. The number of halogens is 1. The fourth-order valence-electron chi connectivity index (χ4n) is 3.13. The fraction of sp³-hybridized carbons (Fsp3) is 0.571. The highest BCUT2D eigenvalue weighted by Gasteiger charge is 2.25. The topological polar surface area (TPSA) is 97.9 Å². The van der Waals surface area contributed by atoms with Crippen molar-refractivity contribution in [1.29, 1.82) is 0 Å². The first-order valence-corrected chi connectivity index (χ1v) is 10.4. The first-order chi connectivity index (χ1) is 13.9. The van der Waals surface area contributed by atoms with Crippen LogP contribution in [0.1, 0.15) is 46.1 Å². The van der Waals surface area contributed by atoms with Gasteiger partial charge < -0.3 is 26.2 Å². The lowest BCUT2D eigenvalue weighted by atomic mass is 10.2. The lowest BCUT2D eigenvalue weighted by Crippen LogP contribution is -2.45. The van der Waals surface area contributed by atoms with Crippen molar-refractivity contribution < 1.29 is 9.59 Å². The van der Waals surface area contributed by atoms with E-state index in [2.05, 4.69) is 26.3 Å². The molecule has 1 aromatic carbocycles. The molecule has 30 heavy (non-hydrogen) atoms. The Morgan fingerprint density at radius 3 is 2.50 bits per heavy atom. The van der Waals surface area contributed by atoms with Gasteiger partial charge in [-0.15, -0.1) is 24.0 Å². The van der Waals surface area contributed by atoms with E-state index in [-0.39, 0.29) is 48.0 Å². The van der Waals surface area contributed by atoms with Crippen LogP contribution in [0.25, 0.3) is 0 Å². The number of guanidine groups is 1. The van der Waals surface area contributed by atoms with Crippen molar-refractivity contribution in [2.45, 2.75) is 59.2 Å². The van der Waals surface area contributed by atoms with Crippen molar-refractivity contribution in [3.63, 3.8) is 0 Å². The van der Waals surface area contributed by atoms with Crippen molar-refractivity contribution in [3.05, 3.63) is 29.8 Å². The Morgan fingerprint density at radius 1 is 1.20 bits per heavy atom. The van der Waals surface area contributed by atoms with Crippen LogP contribution in [0.3, 0.4) is 0 Å². The van der Waals surface area contributed by atoms with Crippen LogP contribution in [-0.2, 0) is 11.3 Å². The van der Waals surface area contributed by atoms with Gasteiger partial charge in [0.2, 0.25) is 5.91 Å². The molecule has 1 saturated heterocycles. The van der Waals surface area contributed by atoms with Gasteiger partial charge in [-0.3, -0.25) is 4.79 Å². The van der Waals surface area contributed by atoms with Crippen LogP contribution in [0.5, 0.6) is 0 Å². The molecule has 168 valence electrons. The van der Waals surface area contributed by atoms with E-state index in [4.69, 9.17) is 0 Å². The van der Waals surface area contributed by atoms with Gasteiger partial charge >= 0.3 is 6.03 Å². The largest absolute Gasteiger partial charge is 0.357 e. The number of carbonyl (C=O) groups excluding carboxylic acids is 2. The summed E-state index contributed by atoms with van der Waals surface area (Å²) >= 11 is 0. The zero-order valence-electron chi connectivity index (χ0n) is 18.3. The molecule has 3 amide bonds. The molecular formula is C21H35IN6O2. The maximum Gasteiger partial charge on any atom is 0.319 e. The monoisotopic (exact) mass is 530 g/mol. The SMILES string of the molecule is CCNC(=NCc1ccc(NC(=O)NC(C)C)cc1)NC1CCN(C(=O)CC)C1.I. The molecule has 1 aliphatic rings. The number of urea groups is 1. The molecule has 0 aromatic heterocycles. The second-order valence-corrected chi connectivity index (χ2v) is 7.47. The molecule has 0 bridgehead atoms. The maximum atomic E-state index is 11.9. The van der Waals surface area contributed by atoms with E-state index in [1.165, 1.54) is 0 Å². The standard InChI is InChI=1S/C21H34N6O2.HI/c1-5-19(28)27-12-11-18(14-27)25-20(22-6-2)23-13-16-7-9-17(10-8-16)26-21(29)24-15(3)4;/h7-10,15,18H,5-6,11-14H2,1-4H3,(H2,22,23,25)(H2,24,26,29);1H. The van der Waals surface area contributed by atoms with Crippen molar-refractivity contribution in [2.24, 2.45) is 4.99 Å². The van der Waals surface area contributed by atoms with Crippen LogP contribution in [0.2, 0.25) is 0 Å². The molecule has 0 aliphatic carbocycles. The van der Waals surface area contributed by atoms with E-state index in [9.17, 15) is 9.59 Å². The van der Waals surface area contributed by atoms with E-state index in [1.54, 1.807) is 0 Å². The average molecular weight is 530 g/mol.